The van der Waals surface area contributed by atoms with Gasteiger partial charge < -0.3 is 9.84 Å². The number of ether oxygens (including phenoxy) is 1. The second kappa shape index (κ2) is 4.44. The SMILES string of the molecule is COC(=O)C1C2CCCC(CC2)C1C(=O)O. The molecule has 0 aliphatic heterocycles. The molecule has 0 heterocycles. The van der Waals surface area contributed by atoms with Gasteiger partial charge in [-0.1, -0.05) is 6.42 Å². The lowest BCUT2D eigenvalue weighted by molar-refractivity contribution is -0.162. The third kappa shape index (κ3) is 1.81. The zero-order valence-corrected chi connectivity index (χ0v) is 9.52. The Morgan fingerprint density at radius 3 is 2.12 bits per heavy atom. The van der Waals surface area contributed by atoms with Crippen molar-refractivity contribution in [3.8, 4) is 0 Å². The molecular formula is C12H18O4. The van der Waals surface area contributed by atoms with Gasteiger partial charge in [0.25, 0.3) is 0 Å². The fourth-order valence-corrected chi connectivity index (χ4v) is 3.49. The lowest BCUT2D eigenvalue weighted by Gasteiger charge is -2.36. The van der Waals surface area contributed by atoms with Gasteiger partial charge in [-0.3, -0.25) is 9.59 Å². The third-order valence-electron chi connectivity index (χ3n) is 4.22. The van der Waals surface area contributed by atoms with Crippen molar-refractivity contribution in [1.82, 2.24) is 0 Å². The van der Waals surface area contributed by atoms with E-state index in [1.807, 2.05) is 0 Å². The number of carboxylic acid groups (broad SMARTS) is 1. The monoisotopic (exact) mass is 226 g/mol. The van der Waals surface area contributed by atoms with E-state index in [2.05, 4.69) is 0 Å². The number of hydrogen-bond donors (Lipinski definition) is 1. The van der Waals surface area contributed by atoms with Crippen LogP contribution in [-0.2, 0) is 14.3 Å². The highest BCUT2D eigenvalue weighted by Crippen LogP contribution is 2.47. The average Bonchev–Trinajstić information content (AvgIpc) is 2.60. The summed E-state index contributed by atoms with van der Waals surface area (Å²) < 4.78 is 4.78. The molecule has 4 nitrogen and oxygen atoms in total. The van der Waals surface area contributed by atoms with E-state index in [-0.39, 0.29) is 17.8 Å². The summed E-state index contributed by atoms with van der Waals surface area (Å²) in [7, 11) is 1.35. The number of carbonyl (C=O) groups is 2. The van der Waals surface area contributed by atoms with Crippen molar-refractivity contribution in [2.24, 2.45) is 23.7 Å². The van der Waals surface area contributed by atoms with Gasteiger partial charge in [0, 0.05) is 0 Å². The van der Waals surface area contributed by atoms with Gasteiger partial charge in [0.2, 0.25) is 0 Å². The van der Waals surface area contributed by atoms with Crippen molar-refractivity contribution in [2.45, 2.75) is 32.1 Å². The highest BCUT2D eigenvalue weighted by atomic mass is 16.5. The van der Waals surface area contributed by atoms with Gasteiger partial charge in [0.15, 0.2) is 0 Å². The summed E-state index contributed by atoms with van der Waals surface area (Å²) in [5.41, 5.74) is 0. The van der Waals surface area contributed by atoms with Gasteiger partial charge in [-0.25, -0.2) is 0 Å². The number of hydrogen-bond acceptors (Lipinski definition) is 3. The predicted molar refractivity (Wildman–Crippen MR) is 56.7 cm³/mol. The summed E-state index contributed by atoms with van der Waals surface area (Å²) in [6.45, 7) is 0. The normalized spacial score (nSPS) is 37.8. The Kier molecular flexibility index (Phi) is 3.17. The van der Waals surface area contributed by atoms with Crippen LogP contribution in [0, 0.1) is 23.7 Å². The Hall–Kier alpha value is -1.06. The number of carbonyl (C=O) groups excluding carboxylic acids is 1. The first-order valence-electron chi connectivity index (χ1n) is 5.95. The highest BCUT2D eigenvalue weighted by molar-refractivity contribution is 5.82. The largest absolute Gasteiger partial charge is 0.481 e. The van der Waals surface area contributed by atoms with E-state index >= 15 is 0 Å². The van der Waals surface area contributed by atoms with Crippen LogP contribution in [0.2, 0.25) is 0 Å². The van der Waals surface area contributed by atoms with Crippen molar-refractivity contribution in [3.05, 3.63) is 0 Å². The van der Waals surface area contributed by atoms with E-state index in [1.54, 1.807) is 0 Å². The minimum Gasteiger partial charge on any atom is -0.481 e. The van der Waals surface area contributed by atoms with Gasteiger partial charge in [-0.15, -0.1) is 0 Å². The molecule has 3 rings (SSSR count). The first-order valence-corrected chi connectivity index (χ1v) is 5.95. The zero-order valence-electron chi connectivity index (χ0n) is 9.52. The van der Waals surface area contributed by atoms with Gasteiger partial charge in [-0.05, 0) is 37.5 Å². The fraction of sp³-hybridized carbons (Fsp3) is 0.833. The summed E-state index contributed by atoms with van der Waals surface area (Å²) in [6, 6.07) is 0. The number of carboxylic acids is 1. The molecule has 2 bridgehead atoms. The first kappa shape index (κ1) is 11.4. The molecule has 0 spiro atoms. The maximum absolute atomic E-state index is 11.7. The van der Waals surface area contributed by atoms with E-state index in [4.69, 9.17) is 4.74 Å². The van der Waals surface area contributed by atoms with Crippen LogP contribution in [0.4, 0.5) is 0 Å². The molecule has 4 heteroatoms. The van der Waals surface area contributed by atoms with E-state index in [0.29, 0.717) is 0 Å². The van der Waals surface area contributed by atoms with Crippen LogP contribution in [0.25, 0.3) is 0 Å². The van der Waals surface area contributed by atoms with Crippen molar-refractivity contribution in [3.63, 3.8) is 0 Å². The van der Waals surface area contributed by atoms with Gasteiger partial charge in [-0.2, -0.15) is 0 Å². The Bertz CT molecular complexity index is 295. The molecule has 0 aromatic rings. The lowest BCUT2D eigenvalue weighted by Crippen LogP contribution is -2.42. The highest BCUT2D eigenvalue weighted by Gasteiger charge is 2.49. The second-order valence-corrected chi connectivity index (χ2v) is 4.94. The molecule has 1 N–H and O–H groups in total. The Morgan fingerprint density at radius 1 is 1.06 bits per heavy atom. The summed E-state index contributed by atoms with van der Waals surface area (Å²) in [6.07, 6.45) is 4.90. The summed E-state index contributed by atoms with van der Waals surface area (Å²) in [5.74, 6) is -1.71. The Balaban J connectivity index is 2.29. The van der Waals surface area contributed by atoms with E-state index in [9.17, 15) is 14.7 Å². The average molecular weight is 226 g/mol. The van der Waals surface area contributed by atoms with Crippen LogP contribution in [-0.4, -0.2) is 24.2 Å². The molecule has 0 radical (unpaired) electrons. The molecule has 0 saturated heterocycles. The standard InChI is InChI=1S/C12H18O4/c1-16-12(15)10-8-4-2-3-7(5-6-8)9(10)11(13)14/h7-10H,2-6H2,1H3,(H,13,14). The smallest absolute Gasteiger partial charge is 0.309 e. The number of rotatable bonds is 2. The molecule has 90 valence electrons. The predicted octanol–water partition coefficient (Wildman–Crippen LogP) is 1.69. The molecule has 4 unspecified atom stereocenters. The molecule has 3 aliphatic carbocycles. The molecule has 0 aromatic carbocycles. The summed E-state index contributed by atoms with van der Waals surface area (Å²) >= 11 is 0. The van der Waals surface area contributed by atoms with Gasteiger partial charge in [0.1, 0.15) is 0 Å². The second-order valence-electron chi connectivity index (χ2n) is 4.94. The van der Waals surface area contributed by atoms with Gasteiger partial charge in [0.05, 0.1) is 18.9 Å². The van der Waals surface area contributed by atoms with E-state index < -0.39 is 17.8 Å². The number of fused-ring (bicyclic) bond motifs is 4. The fourth-order valence-electron chi connectivity index (χ4n) is 3.49. The van der Waals surface area contributed by atoms with Crippen molar-refractivity contribution >= 4 is 11.9 Å². The summed E-state index contributed by atoms with van der Waals surface area (Å²) in [5, 5.41) is 9.29. The van der Waals surface area contributed by atoms with Crippen LogP contribution in [0.3, 0.4) is 0 Å². The van der Waals surface area contributed by atoms with Crippen molar-refractivity contribution in [1.29, 1.82) is 0 Å². The first-order chi connectivity index (χ1) is 7.65. The Morgan fingerprint density at radius 2 is 1.62 bits per heavy atom. The molecule has 4 atom stereocenters. The van der Waals surface area contributed by atoms with Crippen LogP contribution >= 0.6 is 0 Å². The molecule has 0 aromatic heterocycles. The molecule has 3 saturated carbocycles. The molecule has 0 amide bonds. The van der Waals surface area contributed by atoms with Crippen molar-refractivity contribution in [2.75, 3.05) is 7.11 Å². The molecule has 3 fully saturated rings. The molecule has 16 heavy (non-hydrogen) atoms. The minimum absolute atomic E-state index is 0.167. The summed E-state index contributed by atoms with van der Waals surface area (Å²) in [4.78, 5) is 23.1. The van der Waals surface area contributed by atoms with Crippen LogP contribution in [0.5, 0.6) is 0 Å². The topological polar surface area (TPSA) is 63.6 Å². The maximum Gasteiger partial charge on any atom is 0.309 e. The van der Waals surface area contributed by atoms with E-state index in [1.165, 1.54) is 7.11 Å². The number of aliphatic carboxylic acids is 1. The molecular weight excluding hydrogens is 208 g/mol. The lowest BCUT2D eigenvalue weighted by atomic mass is 9.67. The quantitative estimate of drug-likeness (QED) is 0.728. The third-order valence-corrected chi connectivity index (χ3v) is 4.22. The zero-order chi connectivity index (χ0) is 11.7. The minimum atomic E-state index is -0.827. The van der Waals surface area contributed by atoms with Crippen LogP contribution in [0.1, 0.15) is 32.1 Å². The molecule has 3 aliphatic rings. The Labute approximate surface area is 95.0 Å². The number of esters is 1. The number of methoxy groups -OCH3 is 1. The van der Waals surface area contributed by atoms with Crippen LogP contribution < -0.4 is 0 Å². The van der Waals surface area contributed by atoms with Crippen molar-refractivity contribution < 1.29 is 19.4 Å². The van der Waals surface area contributed by atoms with Gasteiger partial charge >= 0.3 is 11.9 Å². The van der Waals surface area contributed by atoms with Crippen LogP contribution in [0.15, 0.2) is 0 Å². The van der Waals surface area contributed by atoms with E-state index in [0.717, 1.165) is 32.1 Å². The maximum atomic E-state index is 11.7.